The van der Waals surface area contributed by atoms with Crippen LogP contribution in [0.15, 0.2) is 54.9 Å². The monoisotopic (exact) mass is 340 g/mol. The lowest BCUT2D eigenvalue weighted by Crippen LogP contribution is -2.06. The Labute approximate surface area is 145 Å². The number of benzene rings is 2. The number of nitrogens with two attached hydrogens (primary N) is 1. The predicted octanol–water partition coefficient (Wildman–Crippen LogP) is 4.43. The molecule has 0 saturated carbocycles. The number of halogens is 1. The molecule has 0 saturated heterocycles. The zero-order valence-corrected chi connectivity index (χ0v) is 13.9. The van der Waals surface area contributed by atoms with Crippen molar-refractivity contribution >= 4 is 23.1 Å². The molecule has 1 aromatic heterocycles. The third-order valence-corrected chi connectivity index (χ3v) is 3.71. The summed E-state index contributed by atoms with van der Waals surface area (Å²) in [6.45, 7) is 2.59. The number of nitrogens with zero attached hydrogens (tertiary/aromatic N) is 2. The summed E-state index contributed by atoms with van der Waals surface area (Å²) in [4.78, 5) is 8.28. The second kappa shape index (κ2) is 7.19. The van der Waals surface area contributed by atoms with E-state index in [0.717, 1.165) is 11.1 Å². The largest absolute Gasteiger partial charge is 0.437 e. The van der Waals surface area contributed by atoms with E-state index in [-0.39, 0.29) is 0 Å². The van der Waals surface area contributed by atoms with E-state index in [4.69, 9.17) is 22.1 Å². The molecular formula is C18H17ClN4O. The molecule has 0 fully saturated rings. The van der Waals surface area contributed by atoms with E-state index in [1.165, 1.54) is 6.33 Å². The van der Waals surface area contributed by atoms with Crippen molar-refractivity contribution in [1.82, 2.24) is 9.97 Å². The molecule has 0 radical (unpaired) electrons. The number of aromatic nitrogens is 2. The van der Waals surface area contributed by atoms with Gasteiger partial charge in [0, 0.05) is 11.6 Å². The summed E-state index contributed by atoms with van der Waals surface area (Å²) in [6, 6.07) is 15.2. The molecule has 2 aromatic carbocycles. The molecular weight excluding hydrogens is 324 g/mol. The van der Waals surface area contributed by atoms with Crippen LogP contribution in [-0.4, -0.2) is 9.97 Å². The van der Waals surface area contributed by atoms with Crippen LogP contribution in [-0.2, 0) is 6.54 Å². The van der Waals surface area contributed by atoms with E-state index >= 15 is 0 Å². The molecule has 0 amide bonds. The lowest BCUT2D eigenvalue weighted by Gasteiger charge is -2.12. The zero-order valence-electron chi connectivity index (χ0n) is 13.2. The summed E-state index contributed by atoms with van der Waals surface area (Å²) in [5, 5.41) is 3.89. The SMILES string of the molecule is Cc1ccc(Oc2ncnc(NCc3ccc(Cl)cc3)c2N)cc1. The van der Waals surface area contributed by atoms with Crippen molar-refractivity contribution < 1.29 is 4.74 Å². The maximum absolute atomic E-state index is 6.12. The number of nitrogen functional groups attached to an aromatic ring is 1. The first-order chi connectivity index (χ1) is 11.6. The van der Waals surface area contributed by atoms with Gasteiger partial charge in [-0.15, -0.1) is 0 Å². The molecule has 0 spiro atoms. The Morgan fingerprint density at radius 1 is 1.04 bits per heavy atom. The van der Waals surface area contributed by atoms with Crippen molar-refractivity contribution in [2.75, 3.05) is 11.1 Å². The fourth-order valence-corrected chi connectivity index (χ4v) is 2.23. The third-order valence-electron chi connectivity index (χ3n) is 3.46. The van der Waals surface area contributed by atoms with E-state index < -0.39 is 0 Å². The van der Waals surface area contributed by atoms with Crippen molar-refractivity contribution in [3.63, 3.8) is 0 Å². The number of rotatable bonds is 5. The minimum Gasteiger partial charge on any atom is -0.437 e. The number of hydrogen-bond acceptors (Lipinski definition) is 5. The Balaban J connectivity index is 1.72. The van der Waals surface area contributed by atoms with Gasteiger partial charge in [-0.25, -0.2) is 4.98 Å². The van der Waals surface area contributed by atoms with Gasteiger partial charge in [-0.2, -0.15) is 4.98 Å². The molecule has 0 bridgehead atoms. The summed E-state index contributed by atoms with van der Waals surface area (Å²) in [5.41, 5.74) is 8.71. The predicted molar refractivity (Wildman–Crippen MR) is 96.5 cm³/mol. The summed E-state index contributed by atoms with van der Waals surface area (Å²) in [7, 11) is 0. The number of ether oxygens (including phenoxy) is 1. The summed E-state index contributed by atoms with van der Waals surface area (Å²) in [5.74, 6) is 1.53. The minimum atomic E-state index is 0.326. The van der Waals surface area contributed by atoms with E-state index in [0.29, 0.717) is 34.7 Å². The first-order valence-corrected chi connectivity index (χ1v) is 7.83. The molecule has 3 aromatic rings. The van der Waals surface area contributed by atoms with Crippen molar-refractivity contribution in [3.05, 3.63) is 71.0 Å². The quantitative estimate of drug-likeness (QED) is 0.719. The molecule has 122 valence electrons. The molecule has 0 unspecified atom stereocenters. The minimum absolute atomic E-state index is 0.326. The molecule has 3 N–H and O–H groups in total. The van der Waals surface area contributed by atoms with Gasteiger partial charge in [-0.3, -0.25) is 0 Å². The average Bonchev–Trinajstić information content (AvgIpc) is 2.59. The van der Waals surface area contributed by atoms with Crippen molar-refractivity contribution in [1.29, 1.82) is 0 Å². The average molecular weight is 341 g/mol. The van der Waals surface area contributed by atoms with Crippen molar-refractivity contribution in [3.8, 4) is 11.6 Å². The first kappa shape index (κ1) is 16.1. The van der Waals surface area contributed by atoms with Crippen LogP contribution in [0.1, 0.15) is 11.1 Å². The van der Waals surface area contributed by atoms with Crippen LogP contribution >= 0.6 is 11.6 Å². The standard InChI is InChI=1S/C18H17ClN4O/c1-12-2-8-15(9-3-12)24-18-16(20)17(22-11-23-18)21-10-13-4-6-14(19)7-5-13/h2-9,11H,10,20H2,1H3,(H,21,22,23). The topological polar surface area (TPSA) is 73.1 Å². The second-order valence-electron chi connectivity index (χ2n) is 5.34. The Bertz CT molecular complexity index is 819. The van der Waals surface area contributed by atoms with Crippen LogP contribution in [0.4, 0.5) is 11.5 Å². The molecule has 3 rings (SSSR count). The van der Waals surface area contributed by atoms with Crippen LogP contribution in [0.2, 0.25) is 5.02 Å². The first-order valence-electron chi connectivity index (χ1n) is 7.45. The molecule has 24 heavy (non-hydrogen) atoms. The van der Waals surface area contributed by atoms with Gasteiger partial charge in [0.05, 0.1) is 0 Å². The van der Waals surface area contributed by atoms with Gasteiger partial charge in [0.2, 0.25) is 5.88 Å². The lowest BCUT2D eigenvalue weighted by atomic mass is 10.2. The van der Waals surface area contributed by atoms with Gasteiger partial charge in [0.1, 0.15) is 17.8 Å². The van der Waals surface area contributed by atoms with Gasteiger partial charge < -0.3 is 15.8 Å². The maximum Gasteiger partial charge on any atom is 0.248 e. The number of hydrogen-bond donors (Lipinski definition) is 2. The van der Waals surface area contributed by atoms with Gasteiger partial charge >= 0.3 is 0 Å². The molecule has 0 atom stereocenters. The Morgan fingerprint density at radius 3 is 2.46 bits per heavy atom. The number of aryl methyl sites for hydroxylation is 1. The van der Waals surface area contributed by atoms with Crippen LogP contribution in [0.25, 0.3) is 0 Å². The maximum atomic E-state index is 6.12. The summed E-state index contributed by atoms with van der Waals surface area (Å²) in [6.07, 6.45) is 1.42. The molecule has 6 heteroatoms. The van der Waals surface area contributed by atoms with Crippen LogP contribution < -0.4 is 15.8 Å². The van der Waals surface area contributed by atoms with E-state index in [1.807, 2.05) is 55.5 Å². The fourth-order valence-electron chi connectivity index (χ4n) is 2.11. The highest BCUT2D eigenvalue weighted by Gasteiger charge is 2.10. The molecule has 1 heterocycles. The van der Waals surface area contributed by atoms with Gasteiger partial charge in [0.15, 0.2) is 5.82 Å². The molecule has 0 aliphatic carbocycles. The highest BCUT2D eigenvalue weighted by atomic mass is 35.5. The van der Waals surface area contributed by atoms with E-state index in [9.17, 15) is 0 Å². The van der Waals surface area contributed by atoms with Crippen molar-refractivity contribution in [2.45, 2.75) is 13.5 Å². The molecule has 5 nitrogen and oxygen atoms in total. The fraction of sp³-hybridized carbons (Fsp3) is 0.111. The Morgan fingerprint density at radius 2 is 1.75 bits per heavy atom. The molecule has 0 aliphatic heterocycles. The zero-order chi connectivity index (χ0) is 16.9. The van der Waals surface area contributed by atoms with Gasteiger partial charge in [-0.1, -0.05) is 41.4 Å². The van der Waals surface area contributed by atoms with Crippen LogP contribution in [0.5, 0.6) is 11.6 Å². The smallest absolute Gasteiger partial charge is 0.248 e. The second-order valence-corrected chi connectivity index (χ2v) is 5.77. The number of anilines is 2. The Hall–Kier alpha value is -2.79. The summed E-state index contributed by atoms with van der Waals surface area (Å²) >= 11 is 5.88. The molecule has 0 aliphatic rings. The highest BCUT2D eigenvalue weighted by molar-refractivity contribution is 6.30. The van der Waals surface area contributed by atoms with Gasteiger partial charge in [0.25, 0.3) is 0 Å². The third kappa shape index (κ3) is 3.94. The normalized spacial score (nSPS) is 10.4. The Kier molecular flexibility index (Phi) is 4.82. The number of nitrogens with one attached hydrogen (secondary N) is 1. The summed E-state index contributed by atoms with van der Waals surface area (Å²) < 4.78 is 5.74. The highest BCUT2D eigenvalue weighted by Crippen LogP contribution is 2.29. The van der Waals surface area contributed by atoms with Crippen LogP contribution in [0.3, 0.4) is 0 Å². The van der Waals surface area contributed by atoms with Gasteiger partial charge in [-0.05, 0) is 36.8 Å². The lowest BCUT2D eigenvalue weighted by molar-refractivity contribution is 0.464. The van der Waals surface area contributed by atoms with Crippen molar-refractivity contribution in [2.24, 2.45) is 0 Å². The van der Waals surface area contributed by atoms with E-state index in [1.54, 1.807) is 0 Å². The van der Waals surface area contributed by atoms with Crippen LogP contribution in [0, 0.1) is 6.92 Å². The van der Waals surface area contributed by atoms with E-state index in [2.05, 4.69) is 15.3 Å².